The van der Waals surface area contributed by atoms with Crippen molar-refractivity contribution in [1.82, 2.24) is 4.90 Å². The van der Waals surface area contributed by atoms with Crippen molar-refractivity contribution in [2.75, 3.05) is 12.0 Å². The normalized spacial score (nSPS) is 12.1. The molecule has 3 N–H and O–H groups in total. The SMILES string of the molecule is CCC(C)N(CC)C(=O)c1cc(F)c(NN)c(F)c1. The number of benzene rings is 1. The van der Waals surface area contributed by atoms with Crippen molar-refractivity contribution >= 4 is 11.6 Å². The van der Waals surface area contributed by atoms with E-state index in [1.54, 1.807) is 4.90 Å². The highest BCUT2D eigenvalue weighted by molar-refractivity contribution is 5.94. The lowest BCUT2D eigenvalue weighted by Crippen LogP contribution is -2.38. The minimum absolute atomic E-state index is 0.0101. The maximum atomic E-state index is 13.6. The van der Waals surface area contributed by atoms with Crippen molar-refractivity contribution < 1.29 is 13.6 Å². The number of amides is 1. The van der Waals surface area contributed by atoms with E-state index in [2.05, 4.69) is 0 Å². The van der Waals surface area contributed by atoms with Gasteiger partial charge in [0.2, 0.25) is 0 Å². The number of anilines is 1. The van der Waals surface area contributed by atoms with Crippen LogP contribution in [0.4, 0.5) is 14.5 Å². The molecule has 0 fully saturated rings. The van der Waals surface area contributed by atoms with Crippen LogP contribution in [0.3, 0.4) is 0 Å². The van der Waals surface area contributed by atoms with Crippen LogP contribution in [0.1, 0.15) is 37.6 Å². The molecule has 1 amide bonds. The lowest BCUT2D eigenvalue weighted by Gasteiger charge is -2.27. The van der Waals surface area contributed by atoms with Crippen molar-refractivity contribution in [3.05, 3.63) is 29.3 Å². The summed E-state index contributed by atoms with van der Waals surface area (Å²) < 4.78 is 27.1. The number of rotatable bonds is 5. The lowest BCUT2D eigenvalue weighted by molar-refractivity contribution is 0.0699. The minimum atomic E-state index is -0.883. The Labute approximate surface area is 111 Å². The molecular formula is C13H19F2N3O. The Kier molecular flexibility index (Phi) is 5.23. The second-order valence-electron chi connectivity index (χ2n) is 4.31. The quantitative estimate of drug-likeness (QED) is 0.639. The maximum absolute atomic E-state index is 13.6. The van der Waals surface area contributed by atoms with Gasteiger partial charge in [0.15, 0.2) is 11.6 Å². The fourth-order valence-electron chi connectivity index (χ4n) is 1.88. The lowest BCUT2D eigenvalue weighted by atomic mass is 10.1. The van der Waals surface area contributed by atoms with Crippen LogP contribution in [-0.4, -0.2) is 23.4 Å². The molecule has 0 radical (unpaired) electrons. The van der Waals surface area contributed by atoms with E-state index in [1.165, 1.54) is 0 Å². The minimum Gasteiger partial charge on any atom is -0.336 e. The Hall–Kier alpha value is -1.69. The summed E-state index contributed by atoms with van der Waals surface area (Å²) in [6, 6.07) is 1.99. The van der Waals surface area contributed by atoms with Gasteiger partial charge in [0, 0.05) is 18.2 Å². The molecule has 0 saturated carbocycles. The van der Waals surface area contributed by atoms with Crippen LogP contribution in [0.25, 0.3) is 0 Å². The van der Waals surface area contributed by atoms with E-state index in [0.29, 0.717) is 6.54 Å². The number of halogens is 2. The number of hydrazine groups is 1. The van der Waals surface area contributed by atoms with E-state index >= 15 is 0 Å². The number of nitrogens with two attached hydrogens (primary N) is 1. The predicted molar refractivity (Wildman–Crippen MR) is 70.6 cm³/mol. The van der Waals surface area contributed by atoms with Crippen LogP contribution in [0.2, 0.25) is 0 Å². The Morgan fingerprint density at radius 2 is 1.89 bits per heavy atom. The monoisotopic (exact) mass is 271 g/mol. The molecule has 106 valence electrons. The van der Waals surface area contributed by atoms with Gasteiger partial charge >= 0.3 is 0 Å². The Balaban J connectivity index is 3.12. The summed E-state index contributed by atoms with van der Waals surface area (Å²) in [6.45, 7) is 6.15. The van der Waals surface area contributed by atoms with E-state index in [9.17, 15) is 13.6 Å². The summed E-state index contributed by atoms with van der Waals surface area (Å²) in [5, 5.41) is 0. The molecule has 0 aliphatic heterocycles. The molecule has 6 heteroatoms. The molecule has 0 spiro atoms. The van der Waals surface area contributed by atoms with E-state index in [1.807, 2.05) is 26.2 Å². The second kappa shape index (κ2) is 6.47. The van der Waals surface area contributed by atoms with Gasteiger partial charge < -0.3 is 10.3 Å². The average Bonchev–Trinajstić information content (AvgIpc) is 2.38. The highest BCUT2D eigenvalue weighted by Gasteiger charge is 2.21. The van der Waals surface area contributed by atoms with Crippen LogP contribution in [0.5, 0.6) is 0 Å². The van der Waals surface area contributed by atoms with Crippen molar-refractivity contribution in [3.63, 3.8) is 0 Å². The Morgan fingerprint density at radius 1 is 1.37 bits per heavy atom. The summed E-state index contributed by atoms with van der Waals surface area (Å²) in [5.41, 5.74) is 1.47. The zero-order valence-electron chi connectivity index (χ0n) is 11.3. The molecule has 1 aromatic carbocycles. The highest BCUT2D eigenvalue weighted by atomic mass is 19.1. The van der Waals surface area contributed by atoms with Gasteiger partial charge in [-0.05, 0) is 32.4 Å². The zero-order chi connectivity index (χ0) is 14.6. The molecule has 19 heavy (non-hydrogen) atoms. The van der Waals surface area contributed by atoms with Crippen molar-refractivity contribution in [3.8, 4) is 0 Å². The van der Waals surface area contributed by atoms with Crippen LogP contribution in [0.15, 0.2) is 12.1 Å². The van der Waals surface area contributed by atoms with E-state index in [4.69, 9.17) is 5.84 Å². The van der Waals surface area contributed by atoms with Gasteiger partial charge in [0.05, 0.1) is 0 Å². The summed E-state index contributed by atoms with van der Waals surface area (Å²) >= 11 is 0. The molecule has 0 aliphatic rings. The summed E-state index contributed by atoms with van der Waals surface area (Å²) in [4.78, 5) is 13.8. The fourth-order valence-corrected chi connectivity index (χ4v) is 1.88. The number of hydrogen-bond donors (Lipinski definition) is 2. The fraction of sp³-hybridized carbons (Fsp3) is 0.462. The average molecular weight is 271 g/mol. The third kappa shape index (κ3) is 3.20. The van der Waals surface area contributed by atoms with Crippen LogP contribution < -0.4 is 11.3 Å². The molecule has 1 aromatic rings. The highest BCUT2D eigenvalue weighted by Crippen LogP contribution is 2.21. The number of carbonyl (C=O) groups is 1. The van der Waals surface area contributed by atoms with Gasteiger partial charge in [-0.25, -0.2) is 8.78 Å². The number of carbonyl (C=O) groups excluding carboxylic acids is 1. The predicted octanol–water partition coefficient (Wildman–Crippen LogP) is 2.51. The zero-order valence-corrected chi connectivity index (χ0v) is 11.3. The molecule has 0 aromatic heterocycles. The Bertz CT molecular complexity index is 442. The number of nitrogen functional groups attached to an aromatic ring is 1. The maximum Gasteiger partial charge on any atom is 0.254 e. The van der Waals surface area contributed by atoms with Gasteiger partial charge in [-0.15, -0.1) is 0 Å². The number of nitrogens with zero attached hydrogens (tertiary/aromatic N) is 1. The van der Waals surface area contributed by atoms with E-state index < -0.39 is 23.2 Å². The molecule has 0 bridgehead atoms. The Morgan fingerprint density at radius 3 is 2.26 bits per heavy atom. The first-order chi connectivity index (χ1) is 8.96. The van der Waals surface area contributed by atoms with Gasteiger partial charge in [0.25, 0.3) is 5.91 Å². The molecule has 0 aliphatic carbocycles. The topological polar surface area (TPSA) is 58.4 Å². The molecule has 0 saturated heterocycles. The van der Waals surface area contributed by atoms with E-state index in [0.717, 1.165) is 18.6 Å². The molecule has 1 rings (SSSR count). The standard InChI is InChI=1S/C13H19F2N3O/c1-4-8(3)18(5-2)13(19)9-6-10(14)12(17-16)11(15)7-9/h6-8,17H,4-5,16H2,1-3H3. The van der Waals surface area contributed by atoms with Crippen molar-refractivity contribution in [1.29, 1.82) is 0 Å². The number of hydrogen-bond acceptors (Lipinski definition) is 3. The summed E-state index contributed by atoms with van der Waals surface area (Å²) in [5.74, 6) is 2.85. The van der Waals surface area contributed by atoms with Gasteiger partial charge in [0.1, 0.15) is 5.69 Å². The van der Waals surface area contributed by atoms with Gasteiger partial charge in [-0.2, -0.15) is 0 Å². The molecule has 1 unspecified atom stereocenters. The van der Waals surface area contributed by atoms with Crippen LogP contribution in [-0.2, 0) is 0 Å². The third-order valence-electron chi connectivity index (χ3n) is 3.16. The molecule has 4 nitrogen and oxygen atoms in total. The van der Waals surface area contributed by atoms with Crippen molar-refractivity contribution in [2.24, 2.45) is 5.84 Å². The number of nitrogens with one attached hydrogen (secondary N) is 1. The molecular weight excluding hydrogens is 252 g/mol. The third-order valence-corrected chi connectivity index (χ3v) is 3.16. The second-order valence-corrected chi connectivity index (χ2v) is 4.31. The smallest absolute Gasteiger partial charge is 0.254 e. The van der Waals surface area contributed by atoms with E-state index in [-0.39, 0.29) is 11.6 Å². The first kappa shape index (κ1) is 15.4. The van der Waals surface area contributed by atoms with Crippen molar-refractivity contribution in [2.45, 2.75) is 33.2 Å². The summed E-state index contributed by atoms with van der Waals surface area (Å²) in [7, 11) is 0. The van der Waals surface area contributed by atoms with Crippen LogP contribution in [0, 0.1) is 11.6 Å². The first-order valence-electron chi connectivity index (χ1n) is 6.22. The first-order valence-corrected chi connectivity index (χ1v) is 6.22. The van der Waals surface area contributed by atoms with Gasteiger partial charge in [-0.1, -0.05) is 6.92 Å². The van der Waals surface area contributed by atoms with Gasteiger partial charge in [-0.3, -0.25) is 10.6 Å². The largest absolute Gasteiger partial charge is 0.336 e. The van der Waals surface area contributed by atoms with Crippen LogP contribution >= 0.6 is 0 Å². The molecule has 0 heterocycles. The summed E-state index contributed by atoms with van der Waals surface area (Å²) in [6.07, 6.45) is 0.771. The molecule has 1 atom stereocenters.